The molecule has 3 N–H and O–H groups in total. The van der Waals surface area contributed by atoms with Crippen LogP contribution in [0, 0.1) is 25.2 Å². The average Bonchev–Trinajstić information content (AvgIpc) is 3.25. The van der Waals surface area contributed by atoms with Gasteiger partial charge in [0.25, 0.3) is 0 Å². The minimum absolute atomic E-state index is 0.0688. The lowest BCUT2D eigenvalue weighted by Gasteiger charge is -2.22. The number of ether oxygens (including phenoxy) is 1. The van der Waals surface area contributed by atoms with E-state index in [1.807, 2.05) is 12.1 Å². The van der Waals surface area contributed by atoms with E-state index in [9.17, 15) is 5.26 Å². The topological polar surface area (TPSA) is 101 Å². The first-order valence-electron chi connectivity index (χ1n) is 7.85. The summed E-state index contributed by atoms with van der Waals surface area (Å²) in [5.74, 6) is 0.0677. The molecule has 0 saturated heterocycles. The van der Waals surface area contributed by atoms with Gasteiger partial charge in [-0.15, -0.1) is 5.10 Å². The van der Waals surface area contributed by atoms with Gasteiger partial charge in [0.1, 0.15) is 11.6 Å². The molecule has 4 rings (SSSR count). The zero-order chi connectivity index (χ0) is 17.6. The van der Waals surface area contributed by atoms with Gasteiger partial charge in [0.15, 0.2) is 0 Å². The van der Waals surface area contributed by atoms with Gasteiger partial charge in [0.2, 0.25) is 11.8 Å². The molecule has 3 heterocycles. The number of aryl methyl sites for hydroxylation is 2. The number of hydrogen-bond donors (Lipinski definition) is 2. The molecule has 124 valence electrons. The van der Waals surface area contributed by atoms with E-state index in [1.54, 1.807) is 12.5 Å². The third-order valence-corrected chi connectivity index (χ3v) is 4.61. The summed E-state index contributed by atoms with van der Waals surface area (Å²) in [4.78, 5) is 0. The van der Waals surface area contributed by atoms with Gasteiger partial charge < -0.3 is 14.9 Å². The first-order chi connectivity index (χ1) is 12.1. The number of aromatic nitrogens is 2. The fourth-order valence-corrected chi connectivity index (χ4v) is 3.13. The van der Waals surface area contributed by atoms with Crippen LogP contribution >= 0.6 is 0 Å². The number of hydrogen-bond acceptors (Lipinski definition) is 5. The van der Waals surface area contributed by atoms with Gasteiger partial charge >= 0.3 is 0 Å². The Kier molecular flexibility index (Phi) is 3.36. The lowest BCUT2D eigenvalue weighted by Crippen LogP contribution is -2.20. The number of aromatic amines is 1. The zero-order valence-electron chi connectivity index (χ0n) is 13.8. The van der Waals surface area contributed by atoms with Gasteiger partial charge in [-0.05, 0) is 37.1 Å². The summed E-state index contributed by atoms with van der Waals surface area (Å²) in [5.41, 5.74) is 12.1. The van der Waals surface area contributed by atoms with E-state index >= 15 is 0 Å². The second-order valence-electron chi connectivity index (χ2n) is 6.10. The fraction of sp³-hybridized carbons (Fsp3) is 0.158. The molecule has 0 bridgehead atoms. The van der Waals surface area contributed by atoms with Crippen molar-refractivity contribution in [2.75, 3.05) is 0 Å². The Labute approximate surface area is 144 Å². The Morgan fingerprint density at radius 3 is 2.76 bits per heavy atom. The highest BCUT2D eigenvalue weighted by Gasteiger charge is 2.36. The SMILES string of the molecule is Cc1ccc(-c2[nH]nc3c2[C@@H](c2ccoc2)C(C#N)=C(N)O3)cc1C. The number of nitrogens with one attached hydrogen (secondary N) is 1. The number of fused-ring (bicyclic) bond motifs is 1. The molecule has 1 atom stereocenters. The molecule has 6 heteroatoms. The molecule has 0 aliphatic carbocycles. The number of nitriles is 1. The van der Waals surface area contributed by atoms with E-state index in [0.29, 0.717) is 11.5 Å². The molecule has 0 amide bonds. The molecule has 0 saturated carbocycles. The number of rotatable bonds is 2. The molecule has 2 aromatic heterocycles. The first-order valence-corrected chi connectivity index (χ1v) is 7.85. The van der Waals surface area contributed by atoms with Crippen molar-refractivity contribution in [2.45, 2.75) is 19.8 Å². The highest BCUT2D eigenvalue weighted by Crippen LogP contribution is 2.45. The third kappa shape index (κ3) is 2.29. The molecule has 3 aromatic rings. The Morgan fingerprint density at radius 2 is 2.08 bits per heavy atom. The Bertz CT molecular complexity index is 1020. The van der Waals surface area contributed by atoms with Crippen molar-refractivity contribution < 1.29 is 9.15 Å². The van der Waals surface area contributed by atoms with Gasteiger partial charge in [-0.1, -0.05) is 12.1 Å². The van der Waals surface area contributed by atoms with Crippen LogP contribution in [0.4, 0.5) is 0 Å². The average molecular weight is 332 g/mol. The van der Waals surface area contributed by atoms with Crippen LogP contribution < -0.4 is 10.5 Å². The van der Waals surface area contributed by atoms with Crippen LogP contribution in [0.15, 0.2) is 52.7 Å². The molecule has 1 aliphatic rings. The van der Waals surface area contributed by atoms with E-state index in [0.717, 1.165) is 22.4 Å². The second kappa shape index (κ2) is 5.56. The summed E-state index contributed by atoms with van der Waals surface area (Å²) in [6, 6.07) is 10.2. The van der Waals surface area contributed by atoms with Crippen molar-refractivity contribution in [1.29, 1.82) is 5.26 Å². The number of furan rings is 1. The maximum absolute atomic E-state index is 9.61. The smallest absolute Gasteiger partial charge is 0.244 e. The molecule has 6 nitrogen and oxygen atoms in total. The summed E-state index contributed by atoms with van der Waals surface area (Å²) in [6.07, 6.45) is 3.19. The molecule has 0 spiro atoms. The van der Waals surface area contributed by atoms with Crippen LogP contribution in [0.1, 0.15) is 28.2 Å². The molecule has 25 heavy (non-hydrogen) atoms. The predicted octanol–water partition coefficient (Wildman–Crippen LogP) is 3.50. The van der Waals surface area contributed by atoms with E-state index in [4.69, 9.17) is 14.9 Å². The maximum atomic E-state index is 9.61. The number of allylic oxidation sites excluding steroid dienone is 1. The van der Waals surface area contributed by atoms with E-state index in [2.05, 4.69) is 42.2 Å². The summed E-state index contributed by atoms with van der Waals surface area (Å²) in [7, 11) is 0. The first kappa shape index (κ1) is 15.1. The Balaban J connectivity index is 1.95. The summed E-state index contributed by atoms with van der Waals surface area (Å²) in [5, 5.41) is 16.9. The molecular formula is C19H16N4O2. The van der Waals surface area contributed by atoms with Crippen LogP contribution in [0.5, 0.6) is 5.88 Å². The lowest BCUT2D eigenvalue weighted by atomic mass is 9.84. The van der Waals surface area contributed by atoms with Crippen LogP contribution in [0.25, 0.3) is 11.3 Å². The lowest BCUT2D eigenvalue weighted by molar-refractivity contribution is 0.378. The number of benzene rings is 1. The van der Waals surface area contributed by atoms with Crippen molar-refractivity contribution >= 4 is 0 Å². The van der Waals surface area contributed by atoms with Gasteiger partial charge in [-0.25, -0.2) is 0 Å². The van der Waals surface area contributed by atoms with Crippen LogP contribution in [-0.2, 0) is 0 Å². The standard InChI is InChI=1S/C19H16N4O2/c1-10-3-4-12(7-11(10)2)17-16-15(13-5-6-24-9-13)14(8-20)18(21)25-19(16)23-22-17/h3-7,9,15H,21H2,1-2H3,(H,22,23)/t15-/m0/s1. The van der Waals surface area contributed by atoms with Crippen molar-refractivity contribution in [3.8, 4) is 23.2 Å². The van der Waals surface area contributed by atoms with Gasteiger partial charge in [-0.3, -0.25) is 5.10 Å². The third-order valence-electron chi connectivity index (χ3n) is 4.61. The van der Waals surface area contributed by atoms with Gasteiger partial charge in [0, 0.05) is 11.1 Å². The maximum Gasteiger partial charge on any atom is 0.244 e. The monoisotopic (exact) mass is 332 g/mol. The van der Waals surface area contributed by atoms with Crippen molar-refractivity contribution in [2.24, 2.45) is 5.73 Å². The molecule has 0 fully saturated rings. The summed E-state index contributed by atoms with van der Waals surface area (Å²) in [6.45, 7) is 4.13. The molecule has 0 radical (unpaired) electrons. The van der Waals surface area contributed by atoms with Gasteiger partial charge in [-0.2, -0.15) is 5.26 Å². The highest BCUT2D eigenvalue weighted by molar-refractivity contribution is 5.71. The highest BCUT2D eigenvalue weighted by atomic mass is 16.5. The molecule has 1 aromatic carbocycles. The number of nitrogens with two attached hydrogens (primary N) is 1. The fourth-order valence-electron chi connectivity index (χ4n) is 3.13. The normalized spacial score (nSPS) is 16.3. The van der Waals surface area contributed by atoms with Crippen molar-refractivity contribution in [3.63, 3.8) is 0 Å². The van der Waals surface area contributed by atoms with Gasteiger partial charge in [0.05, 0.1) is 29.7 Å². The zero-order valence-corrected chi connectivity index (χ0v) is 13.8. The summed E-state index contributed by atoms with van der Waals surface area (Å²) >= 11 is 0. The number of H-pyrrole nitrogens is 1. The van der Waals surface area contributed by atoms with Crippen LogP contribution in [0.2, 0.25) is 0 Å². The predicted molar refractivity (Wildman–Crippen MR) is 91.5 cm³/mol. The summed E-state index contributed by atoms with van der Waals surface area (Å²) < 4.78 is 10.8. The number of nitrogens with zero attached hydrogens (tertiary/aromatic N) is 2. The van der Waals surface area contributed by atoms with E-state index in [-0.39, 0.29) is 11.8 Å². The molecular weight excluding hydrogens is 316 g/mol. The largest absolute Gasteiger partial charge is 0.472 e. The molecule has 0 unspecified atom stereocenters. The van der Waals surface area contributed by atoms with Crippen LogP contribution in [-0.4, -0.2) is 10.2 Å². The Morgan fingerprint density at radius 1 is 1.24 bits per heavy atom. The van der Waals surface area contributed by atoms with E-state index < -0.39 is 0 Å². The Hall–Kier alpha value is -3.46. The van der Waals surface area contributed by atoms with Crippen LogP contribution in [0.3, 0.4) is 0 Å². The van der Waals surface area contributed by atoms with E-state index in [1.165, 1.54) is 11.1 Å². The second-order valence-corrected chi connectivity index (χ2v) is 6.10. The minimum atomic E-state index is -0.386. The quantitative estimate of drug-likeness (QED) is 0.748. The van der Waals surface area contributed by atoms with Crippen molar-refractivity contribution in [3.05, 3.63) is 70.5 Å². The van der Waals surface area contributed by atoms with Crippen molar-refractivity contribution in [1.82, 2.24) is 10.2 Å². The minimum Gasteiger partial charge on any atom is -0.472 e. The molecule has 1 aliphatic heterocycles.